The first kappa shape index (κ1) is 43.1. The normalized spacial score (nSPS) is 18.9. The lowest BCUT2D eigenvalue weighted by Crippen LogP contribution is -2.40. The van der Waals surface area contributed by atoms with Crippen molar-refractivity contribution in [3.05, 3.63) is 118 Å². The molecule has 3 aliphatic heterocycles. The molecule has 2 aromatic heterocycles. The summed E-state index contributed by atoms with van der Waals surface area (Å²) in [6.07, 6.45) is 8.89. The summed E-state index contributed by atoms with van der Waals surface area (Å²) in [5.74, 6) is 1.79. The molecule has 5 heterocycles. The smallest absolute Gasteiger partial charge is 0.272 e. The third-order valence-corrected chi connectivity index (χ3v) is 13.8. The number of hydrogen-bond acceptors (Lipinski definition) is 9. The van der Waals surface area contributed by atoms with E-state index in [-0.39, 0.29) is 29.5 Å². The van der Waals surface area contributed by atoms with Gasteiger partial charge in [-0.1, -0.05) is 17.7 Å². The van der Waals surface area contributed by atoms with Gasteiger partial charge in [0.2, 0.25) is 5.91 Å². The van der Waals surface area contributed by atoms with Gasteiger partial charge in [-0.05, 0) is 154 Å². The van der Waals surface area contributed by atoms with Crippen LogP contribution in [0.25, 0.3) is 11.1 Å². The second-order valence-corrected chi connectivity index (χ2v) is 17.9. The lowest BCUT2D eigenvalue weighted by atomic mass is 9.90. The van der Waals surface area contributed by atoms with Crippen molar-refractivity contribution in [3.8, 4) is 22.9 Å². The molecular formula is C50H51ClF2N8O3. The SMILES string of the molecule is CN1C(=O)CCc2cc(N3CCCc4cc(-c5ccc(CCC6CCN(c7ccc(C(=O)NC8CCC(Oc9ccc(C#N)c(Cl)c9)CC8)nn7)CC6)nc5)c(C(F)F)cc43)ccc21. The van der Waals surface area contributed by atoms with Crippen LogP contribution in [0, 0.1) is 17.2 Å². The van der Waals surface area contributed by atoms with Crippen LogP contribution in [-0.2, 0) is 24.1 Å². The third kappa shape index (κ3) is 9.39. The van der Waals surface area contributed by atoms with Crippen LogP contribution in [0.2, 0.25) is 5.02 Å². The van der Waals surface area contributed by atoms with Gasteiger partial charge in [-0.2, -0.15) is 5.26 Å². The number of aryl methyl sites for hydroxylation is 3. The largest absolute Gasteiger partial charge is 0.490 e. The Hall–Kier alpha value is -6.13. The number of anilines is 4. The number of halogens is 3. The second-order valence-electron chi connectivity index (χ2n) is 17.5. The Kier molecular flexibility index (Phi) is 12.8. The number of rotatable bonds is 11. The van der Waals surface area contributed by atoms with E-state index in [4.69, 9.17) is 26.6 Å². The molecule has 0 bridgehead atoms. The van der Waals surface area contributed by atoms with E-state index < -0.39 is 6.43 Å². The van der Waals surface area contributed by atoms with E-state index in [1.807, 2.05) is 36.4 Å². The summed E-state index contributed by atoms with van der Waals surface area (Å²) < 4.78 is 35.6. The molecule has 330 valence electrons. The van der Waals surface area contributed by atoms with Gasteiger partial charge in [0.1, 0.15) is 11.8 Å². The van der Waals surface area contributed by atoms with Gasteiger partial charge in [0, 0.05) is 85.3 Å². The number of benzene rings is 3. The number of hydrogen-bond donors (Lipinski definition) is 1. The Morgan fingerprint density at radius 3 is 2.44 bits per heavy atom. The van der Waals surface area contributed by atoms with Gasteiger partial charge >= 0.3 is 0 Å². The number of ether oxygens (including phenoxy) is 1. The Bertz CT molecular complexity index is 2550. The fraction of sp³-hybridized carbons (Fsp3) is 0.400. The maximum Gasteiger partial charge on any atom is 0.272 e. The number of amides is 2. The summed E-state index contributed by atoms with van der Waals surface area (Å²) in [5.41, 5.74) is 7.72. The molecule has 14 heteroatoms. The number of carbonyl (C=O) groups excluding carboxylic acids is 2. The number of aromatic nitrogens is 3. The molecule has 2 amide bonds. The van der Waals surface area contributed by atoms with Crippen LogP contribution in [0.3, 0.4) is 0 Å². The Balaban J connectivity index is 0.747. The molecule has 0 radical (unpaired) electrons. The van der Waals surface area contributed by atoms with Crippen molar-refractivity contribution in [1.29, 1.82) is 5.26 Å². The minimum absolute atomic E-state index is 0.00639. The summed E-state index contributed by atoms with van der Waals surface area (Å²) in [7, 11) is 1.80. The molecule has 1 saturated heterocycles. The molecule has 4 aliphatic rings. The van der Waals surface area contributed by atoms with Crippen LogP contribution in [0.5, 0.6) is 5.75 Å². The third-order valence-electron chi connectivity index (χ3n) is 13.5. The van der Waals surface area contributed by atoms with E-state index in [9.17, 15) is 18.4 Å². The zero-order valence-electron chi connectivity index (χ0n) is 35.9. The van der Waals surface area contributed by atoms with Gasteiger partial charge in [0.25, 0.3) is 12.3 Å². The number of carbonyl (C=O) groups is 2. The lowest BCUT2D eigenvalue weighted by Gasteiger charge is -2.34. The summed E-state index contributed by atoms with van der Waals surface area (Å²) in [6, 6.07) is 24.4. The highest BCUT2D eigenvalue weighted by Gasteiger charge is 2.28. The molecule has 3 aromatic carbocycles. The first-order chi connectivity index (χ1) is 31.1. The van der Waals surface area contributed by atoms with Crippen molar-refractivity contribution in [1.82, 2.24) is 20.5 Å². The predicted octanol–water partition coefficient (Wildman–Crippen LogP) is 9.96. The minimum atomic E-state index is -2.65. The average Bonchev–Trinajstić information content (AvgIpc) is 3.32. The van der Waals surface area contributed by atoms with Crippen molar-refractivity contribution in [3.63, 3.8) is 0 Å². The zero-order chi connectivity index (χ0) is 44.3. The van der Waals surface area contributed by atoms with Crippen LogP contribution in [0.15, 0.2) is 79.0 Å². The topological polar surface area (TPSA) is 128 Å². The van der Waals surface area contributed by atoms with Crippen LogP contribution in [-0.4, -0.2) is 65.8 Å². The second kappa shape index (κ2) is 18.9. The molecule has 9 rings (SSSR count). The van der Waals surface area contributed by atoms with Crippen LogP contribution in [0.4, 0.5) is 31.7 Å². The summed E-state index contributed by atoms with van der Waals surface area (Å²) in [5, 5.41) is 21.3. The van der Waals surface area contributed by atoms with E-state index in [2.05, 4.69) is 37.4 Å². The van der Waals surface area contributed by atoms with Gasteiger partial charge in [0.05, 0.1) is 16.7 Å². The maximum absolute atomic E-state index is 14.8. The first-order valence-electron chi connectivity index (χ1n) is 22.4. The average molecular weight is 885 g/mol. The quantitative estimate of drug-likeness (QED) is 0.138. The zero-order valence-corrected chi connectivity index (χ0v) is 36.7. The van der Waals surface area contributed by atoms with Gasteiger partial charge in [0.15, 0.2) is 11.5 Å². The van der Waals surface area contributed by atoms with Gasteiger partial charge in [-0.15, -0.1) is 10.2 Å². The molecule has 0 atom stereocenters. The van der Waals surface area contributed by atoms with Crippen LogP contribution >= 0.6 is 11.6 Å². The molecule has 64 heavy (non-hydrogen) atoms. The minimum Gasteiger partial charge on any atom is -0.490 e. The molecule has 2 fully saturated rings. The number of fused-ring (bicyclic) bond motifs is 2. The van der Waals surface area contributed by atoms with Gasteiger partial charge < -0.3 is 24.8 Å². The number of piperidine rings is 1. The van der Waals surface area contributed by atoms with E-state index in [0.717, 1.165) is 124 Å². The lowest BCUT2D eigenvalue weighted by molar-refractivity contribution is -0.118. The Morgan fingerprint density at radius 2 is 1.72 bits per heavy atom. The number of pyridine rings is 1. The monoisotopic (exact) mass is 884 g/mol. The highest BCUT2D eigenvalue weighted by atomic mass is 35.5. The highest BCUT2D eigenvalue weighted by molar-refractivity contribution is 6.31. The van der Waals surface area contributed by atoms with Crippen molar-refractivity contribution in [2.45, 2.75) is 95.6 Å². The van der Waals surface area contributed by atoms with Crippen molar-refractivity contribution in [2.24, 2.45) is 5.92 Å². The molecule has 0 spiro atoms. The van der Waals surface area contributed by atoms with Crippen LogP contribution in [0.1, 0.15) is 103 Å². The van der Waals surface area contributed by atoms with E-state index in [0.29, 0.717) is 51.9 Å². The molecule has 0 unspecified atom stereocenters. The van der Waals surface area contributed by atoms with E-state index in [1.165, 1.54) is 0 Å². The molecular weight excluding hydrogens is 834 g/mol. The summed E-state index contributed by atoms with van der Waals surface area (Å²) in [6.45, 7) is 2.42. The molecule has 1 aliphatic carbocycles. The molecule has 11 nitrogen and oxygen atoms in total. The van der Waals surface area contributed by atoms with Crippen molar-refractivity contribution >= 4 is 46.3 Å². The fourth-order valence-corrected chi connectivity index (χ4v) is 9.96. The maximum atomic E-state index is 14.8. The standard InChI is InChI=1S/C50H51ClF2N8O3/c1-59-45-17-12-38(25-33(45)7-19-48(59)62)61-22-2-3-32-26-41(42(49(52)53)28-46(32)61)35-5-9-36(55-30-35)8-4-31-20-23-60(24-21-31)47-18-16-44(57-58-47)50(63)56-37-10-14-39(15-11-37)64-40-13-6-34(29-54)43(51)27-40/h5-6,9,12-13,16-18,25-28,30-31,37,39,49H,2-4,7-8,10-11,14-15,19-24H2,1H3,(H,56,63). The predicted molar refractivity (Wildman–Crippen MR) is 244 cm³/mol. The Labute approximate surface area is 377 Å². The number of nitriles is 1. The summed E-state index contributed by atoms with van der Waals surface area (Å²) >= 11 is 6.16. The van der Waals surface area contributed by atoms with E-state index >= 15 is 0 Å². The first-order valence-corrected chi connectivity index (χ1v) is 22.8. The highest BCUT2D eigenvalue weighted by Crippen LogP contribution is 2.43. The number of nitrogens with one attached hydrogen (secondary N) is 1. The Morgan fingerprint density at radius 1 is 0.906 bits per heavy atom. The number of alkyl halides is 2. The van der Waals surface area contributed by atoms with Gasteiger partial charge in [-0.25, -0.2) is 8.78 Å². The molecule has 5 aromatic rings. The summed E-state index contributed by atoms with van der Waals surface area (Å²) in [4.78, 5) is 36.1. The molecule has 1 saturated carbocycles. The molecule has 1 N–H and O–H groups in total. The van der Waals surface area contributed by atoms with E-state index in [1.54, 1.807) is 48.5 Å². The van der Waals surface area contributed by atoms with Crippen molar-refractivity contribution in [2.75, 3.05) is 41.4 Å². The fourth-order valence-electron chi connectivity index (χ4n) is 9.74. The number of nitrogens with zero attached hydrogens (tertiary/aromatic N) is 7. The van der Waals surface area contributed by atoms with Crippen LogP contribution < -0.4 is 24.8 Å². The van der Waals surface area contributed by atoms with Crippen molar-refractivity contribution < 1.29 is 23.1 Å². The van der Waals surface area contributed by atoms with Gasteiger partial charge in [-0.3, -0.25) is 14.6 Å².